The number of fused-ring (bicyclic) bond motifs is 1. The number of hydrogen-bond acceptors (Lipinski definition) is 2. The Hall–Kier alpha value is -2.43. The molecule has 0 spiro atoms. The maximum atomic E-state index is 12.7. The zero-order chi connectivity index (χ0) is 15.5. The predicted molar refractivity (Wildman–Crippen MR) is 79.5 cm³/mol. The first-order valence-corrected chi connectivity index (χ1v) is 7.10. The normalized spacial score (nSPS) is 13.9. The Balaban J connectivity index is 1.89. The van der Waals surface area contributed by atoms with E-state index < -0.39 is 6.61 Å². The van der Waals surface area contributed by atoms with Crippen molar-refractivity contribution in [3.63, 3.8) is 0 Å². The van der Waals surface area contributed by atoms with E-state index in [0.29, 0.717) is 12.1 Å². The number of nitrogens with zero attached hydrogens (tertiary/aromatic N) is 1. The maximum absolute atomic E-state index is 12.7. The number of hydrogen-bond donors (Lipinski definition) is 0. The van der Waals surface area contributed by atoms with Crippen LogP contribution >= 0.6 is 0 Å². The van der Waals surface area contributed by atoms with Crippen molar-refractivity contribution in [2.24, 2.45) is 0 Å². The summed E-state index contributed by atoms with van der Waals surface area (Å²) in [7, 11) is 0. The molecule has 0 aliphatic carbocycles. The second-order valence-electron chi connectivity index (χ2n) is 5.10. The number of carbonyl (C=O) groups excluding carboxylic acids is 1. The van der Waals surface area contributed by atoms with Gasteiger partial charge in [0.15, 0.2) is 0 Å². The molecule has 0 radical (unpaired) electrons. The van der Waals surface area contributed by atoms with E-state index in [4.69, 9.17) is 0 Å². The number of carbonyl (C=O) groups is 1. The molecule has 1 aliphatic heterocycles. The van der Waals surface area contributed by atoms with Crippen LogP contribution in [0.25, 0.3) is 0 Å². The first kappa shape index (κ1) is 14.5. The predicted octanol–water partition coefficient (Wildman–Crippen LogP) is 3.88. The zero-order valence-electron chi connectivity index (χ0n) is 11.8. The van der Waals surface area contributed by atoms with E-state index in [1.54, 1.807) is 17.0 Å². The summed E-state index contributed by atoms with van der Waals surface area (Å²) in [5.41, 5.74) is 2.36. The van der Waals surface area contributed by atoms with Crippen LogP contribution in [0.4, 0.5) is 14.5 Å². The number of rotatable bonds is 3. The summed E-state index contributed by atoms with van der Waals surface area (Å²) in [5.74, 6) is -0.210. The Labute approximate surface area is 127 Å². The minimum Gasteiger partial charge on any atom is -0.435 e. The van der Waals surface area contributed by atoms with Gasteiger partial charge in [0.25, 0.3) is 5.91 Å². The number of benzene rings is 2. The van der Waals surface area contributed by atoms with E-state index in [0.717, 1.165) is 24.1 Å². The average Bonchev–Trinajstić information content (AvgIpc) is 2.53. The molecule has 2 aromatic rings. The highest BCUT2D eigenvalue weighted by atomic mass is 19.3. The highest BCUT2D eigenvalue weighted by Crippen LogP contribution is 2.28. The van der Waals surface area contributed by atoms with Crippen LogP contribution in [0.15, 0.2) is 48.5 Å². The minimum atomic E-state index is -2.90. The third-order valence-electron chi connectivity index (χ3n) is 3.66. The fourth-order valence-corrected chi connectivity index (χ4v) is 2.71. The number of anilines is 1. The number of alkyl halides is 2. The van der Waals surface area contributed by atoms with Gasteiger partial charge in [-0.1, -0.05) is 24.3 Å². The molecule has 114 valence electrons. The van der Waals surface area contributed by atoms with Crippen LogP contribution in [-0.4, -0.2) is 19.1 Å². The van der Waals surface area contributed by atoms with Gasteiger partial charge in [0.1, 0.15) is 5.75 Å². The molecule has 0 aromatic heterocycles. The topological polar surface area (TPSA) is 29.5 Å². The first-order valence-electron chi connectivity index (χ1n) is 7.10. The van der Waals surface area contributed by atoms with E-state index in [2.05, 4.69) is 4.74 Å². The van der Waals surface area contributed by atoms with E-state index in [9.17, 15) is 13.6 Å². The smallest absolute Gasteiger partial charge is 0.387 e. The average molecular weight is 303 g/mol. The van der Waals surface area contributed by atoms with Crippen LogP contribution in [0.3, 0.4) is 0 Å². The quantitative estimate of drug-likeness (QED) is 0.861. The molecule has 2 aromatic carbocycles. The van der Waals surface area contributed by atoms with Gasteiger partial charge in [-0.15, -0.1) is 0 Å². The van der Waals surface area contributed by atoms with E-state index >= 15 is 0 Å². The molecule has 0 bridgehead atoms. The van der Waals surface area contributed by atoms with Crippen LogP contribution in [-0.2, 0) is 6.42 Å². The van der Waals surface area contributed by atoms with Gasteiger partial charge in [0.05, 0.1) is 0 Å². The largest absolute Gasteiger partial charge is 0.435 e. The molecule has 22 heavy (non-hydrogen) atoms. The number of para-hydroxylation sites is 1. The second kappa shape index (κ2) is 6.13. The summed E-state index contributed by atoms with van der Waals surface area (Å²) >= 11 is 0. The van der Waals surface area contributed by atoms with Crippen molar-refractivity contribution in [3.05, 3.63) is 59.7 Å². The fraction of sp³-hybridized carbons (Fsp3) is 0.235. The van der Waals surface area contributed by atoms with E-state index in [1.165, 1.54) is 12.1 Å². The Morgan fingerprint density at radius 2 is 1.95 bits per heavy atom. The third-order valence-corrected chi connectivity index (χ3v) is 3.66. The van der Waals surface area contributed by atoms with Gasteiger partial charge in [-0.3, -0.25) is 4.79 Å². The monoisotopic (exact) mass is 303 g/mol. The number of halogens is 2. The zero-order valence-corrected chi connectivity index (χ0v) is 11.8. The Morgan fingerprint density at radius 3 is 2.77 bits per heavy atom. The molecule has 0 saturated carbocycles. The van der Waals surface area contributed by atoms with E-state index in [1.807, 2.05) is 24.3 Å². The summed E-state index contributed by atoms with van der Waals surface area (Å²) in [6.45, 7) is -2.28. The lowest BCUT2D eigenvalue weighted by Gasteiger charge is -2.29. The first-order chi connectivity index (χ1) is 10.6. The molecule has 1 heterocycles. The van der Waals surface area contributed by atoms with Gasteiger partial charge in [-0.2, -0.15) is 8.78 Å². The Bertz CT molecular complexity index is 688. The van der Waals surface area contributed by atoms with Crippen LogP contribution in [0.1, 0.15) is 22.3 Å². The maximum Gasteiger partial charge on any atom is 0.387 e. The molecule has 3 rings (SSSR count). The van der Waals surface area contributed by atoms with Crippen molar-refractivity contribution in [2.75, 3.05) is 11.4 Å². The number of amides is 1. The molecule has 0 N–H and O–H groups in total. The third kappa shape index (κ3) is 2.93. The minimum absolute atomic E-state index is 0.00820. The summed E-state index contributed by atoms with van der Waals surface area (Å²) in [4.78, 5) is 14.4. The standard InChI is InChI=1S/C17H15F2NO2/c18-17(19)22-14-8-3-6-13(11-14)16(21)20-10-4-7-12-5-1-2-9-15(12)20/h1-3,5-6,8-9,11,17H,4,7,10H2. The molecule has 0 fully saturated rings. The summed E-state index contributed by atoms with van der Waals surface area (Å²) in [6.07, 6.45) is 1.82. The molecule has 3 nitrogen and oxygen atoms in total. The van der Waals surface area contributed by atoms with Crippen molar-refractivity contribution in [1.82, 2.24) is 0 Å². The summed E-state index contributed by atoms with van der Waals surface area (Å²) < 4.78 is 28.9. The lowest BCUT2D eigenvalue weighted by Crippen LogP contribution is -2.35. The van der Waals surface area contributed by atoms with Gasteiger partial charge in [-0.25, -0.2) is 0 Å². The molecule has 1 amide bonds. The highest BCUT2D eigenvalue weighted by Gasteiger charge is 2.23. The van der Waals surface area contributed by atoms with Crippen molar-refractivity contribution in [2.45, 2.75) is 19.5 Å². The van der Waals surface area contributed by atoms with Gasteiger partial charge in [0.2, 0.25) is 0 Å². The molecule has 0 unspecified atom stereocenters. The molecular formula is C17H15F2NO2. The van der Waals surface area contributed by atoms with Gasteiger partial charge in [0, 0.05) is 17.8 Å². The molecule has 0 atom stereocenters. The fourth-order valence-electron chi connectivity index (χ4n) is 2.71. The summed E-state index contributed by atoms with van der Waals surface area (Å²) in [6, 6.07) is 13.7. The van der Waals surface area contributed by atoms with Crippen LogP contribution in [0.5, 0.6) is 5.75 Å². The molecule has 0 saturated heterocycles. The van der Waals surface area contributed by atoms with Crippen molar-refractivity contribution >= 4 is 11.6 Å². The van der Waals surface area contributed by atoms with Crippen molar-refractivity contribution in [1.29, 1.82) is 0 Å². The number of aryl methyl sites for hydroxylation is 1. The SMILES string of the molecule is O=C(c1cccc(OC(F)F)c1)N1CCCc2ccccc21. The van der Waals surface area contributed by atoms with Gasteiger partial charge < -0.3 is 9.64 Å². The Morgan fingerprint density at radius 1 is 1.14 bits per heavy atom. The summed E-state index contributed by atoms with van der Waals surface area (Å²) in [5, 5.41) is 0. The van der Waals surface area contributed by atoms with Gasteiger partial charge in [-0.05, 0) is 42.7 Å². The van der Waals surface area contributed by atoms with Gasteiger partial charge >= 0.3 is 6.61 Å². The molecule has 1 aliphatic rings. The lowest BCUT2D eigenvalue weighted by molar-refractivity contribution is -0.0498. The van der Waals surface area contributed by atoms with Crippen LogP contribution in [0, 0.1) is 0 Å². The number of ether oxygens (including phenoxy) is 1. The van der Waals surface area contributed by atoms with Crippen LogP contribution < -0.4 is 9.64 Å². The van der Waals surface area contributed by atoms with Crippen molar-refractivity contribution < 1.29 is 18.3 Å². The second-order valence-corrected chi connectivity index (χ2v) is 5.10. The molecular weight excluding hydrogens is 288 g/mol. The van der Waals surface area contributed by atoms with Crippen LogP contribution in [0.2, 0.25) is 0 Å². The highest BCUT2D eigenvalue weighted by molar-refractivity contribution is 6.06. The van der Waals surface area contributed by atoms with E-state index in [-0.39, 0.29) is 11.7 Å². The molecule has 5 heteroatoms. The lowest BCUT2D eigenvalue weighted by atomic mass is 10.0. The Kier molecular flexibility index (Phi) is 4.04. The van der Waals surface area contributed by atoms with Crippen molar-refractivity contribution in [3.8, 4) is 5.75 Å².